The van der Waals surface area contributed by atoms with E-state index in [0.717, 1.165) is 25.1 Å². The van der Waals surface area contributed by atoms with Gasteiger partial charge in [-0.15, -0.1) is 0 Å². The molecule has 0 saturated carbocycles. The Balaban J connectivity index is 1.46. The molecule has 1 N–H and O–H groups in total. The molecular formula is C25H26N2O3S. The second-order valence-corrected chi connectivity index (χ2v) is 9.84. The van der Waals surface area contributed by atoms with Gasteiger partial charge in [-0.05, 0) is 54.3 Å². The van der Waals surface area contributed by atoms with Crippen molar-refractivity contribution in [1.82, 2.24) is 0 Å². The fourth-order valence-corrected chi connectivity index (χ4v) is 5.53. The molecule has 1 aliphatic heterocycles. The Morgan fingerprint density at radius 1 is 0.968 bits per heavy atom. The molecule has 160 valence electrons. The van der Waals surface area contributed by atoms with Crippen molar-refractivity contribution in [1.29, 1.82) is 0 Å². The first-order valence-corrected chi connectivity index (χ1v) is 12.2. The third-order valence-electron chi connectivity index (χ3n) is 5.51. The number of hydrogen-bond donors (Lipinski definition) is 1. The zero-order valence-corrected chi connectivity index (χ0v) is 18.4. The Labute approximate surface area is 183 Å². The predicted octanol–water partition coefficient (Wildman–Crippen LogP) is 4.69. The van der Waals surface area contributed by atoms with Gasteiger partial charge in [0.25, 0.3) is 5.91 Å². The maximum absolute atomic E-state index is 12.8. The second-order valence-electron chi connectivity index (χ2n) is 7.77. The van der Waals surface area contributed by atoms with Crippen LogP contribution in [0.1, 0.15) is 34.8 Å². The van der Waals surface area contributed by atoms with Gasteiger partial charge >= 0.3 is 0 Å². The number of carbonyl (C=O) groups is 1. The SMILES string of the molecule is CCCS(=O)(=O)c1ccccc1C(=O)Nc1ccc(CN2CCc3ccccc32)cc1. The summed E-state index contributed by atoms with van der Waals surface area (Å²) in [5.74, 6) is -0.400. The van der Waals surface area contributed by atoms with E-state index in [-0.39, 0.29) is 16.2 Å². The van der Waals surface area contributed by atoms with E-state index in [1.54, 1.807) is 18.2 Å². The lowest BCUT2D eigenvalue weighted by atomic mass is 10.1. The summed E-state index contributed by atoms with van der Waals surface area (Å²) in [5.41, 5.74) is 4.63. The van der Waals surface area contributed by atoms with E-state index >= 15 is 0 Å². The number of anilines is 2. The monoisotopic (exact) mass is 434 g/mol. The minimum atomic E-state index is -3.49. The van der Waals surface area contributed by atoms with Crippen LogP contribution in [0.25, 0.3) is 0 Å². The fourth-order valence-electron chi connectivity index (χ4n) is 3.99. The number of carbonyl (C=O) groups excluding carboxylic acids is 1. The zero-order chi connectivity index (χ0) is 21.8. The van der Waals surface area contributed by atoms with Crippen molar-refractivity contribution in [3.8, 4) is 0 Å². The summed E-state index contributed by atoms with van der Waals surface area (Å²) < 4.78 is 25.0. The van der Waals surface area contributed by atoms with Crippen LogP contribution < -0.4 is 10.2 Å². The molecule has 0 aromatic heterocycles. The highest BCUT2D eigenvalue weighted by molar-refractivity contribution is 7.91. The van der Waals surface area contributed by atoms with Gasteiger partial charge in [0.1, 0.15) is 0 Å². The van der Waals surface area contributed by atoms with E-state index in [9.17, 15) is 13.2 Å². The minimum absolute atomic E-state index is 0.0195. The lowest BCUT2D eigenvalue weighted by Crippen LogP contribution is -2.20. The molecule has 4 rings (SSSR count). The molecule has 3 aromatic rings. The van der Waals surface area contributed by atoms with E-state index in [2.05, 4.69) is 34.5 Å². The molecule has 0 unspecified atom stereocenters. The smallest absolute Gasteiger partial charge is 0.256 e. The molecule has 1 aliphatic rings. The first-order chi connectivity index (χ1) is 15.0. The van der Waals surface area contributed by atoms with Crippen LogP contribution in [0.3, 0.4) is 0 Å². The molecule has 31 heavy (non-hydrogen) atoms. The molecule has 1 heterocycles. The summed E-state index contributed by atoms with van der Waals surface area (Å²) in [6.07, 6.45) is 1.56. The average Bonchev–Trinajstić information content (AvgIpc) is 3.18. The summed E-state index contributed by atoms with van der Waals surface area (Å²) in [6, 6.07) is 22.5. The molecule has 1 amide bonds. The van der Waals surface area contributed by atoms with Crippen LogP contribution in [0.5, 0.6) is 0 Å². The third kappa shape index (κ3) is 4.64. The molecule has 0 saturated heterocycles. The molecule has 0 atom stereocenters. The van der Waals surface area contributed by atoms with Crippen LogP contribution in [0.4, 0.5) is 11.4 Å². The maximum Gasteiger partial charge on any atom is 0.256 e. The highest BCUT2D eigenvalue weighted by Crippen LogP contribution is 2.29. The molecule has 0 radical (unpaired) electrons. The topological polar surface area (TPSA) is 66.5 Å². The number of hydrogen-bond acceptors (Lipinski definition) is 4. The normalized spacial score (nSPS) is 13.1. The fraction of sp³-hybridized carbons (Fsp3) is 0.240. The minimum Gasteiger partial charge on any atom is -0.367 e. The number of fused-ring (bicyclic) bond motifs is 1. The van der Waals surface area contributed by atoms with Crippen molar-refractivity contribution in [2.24, 2.45) is 0 Å². The summed E-state index contributed by atoms with van der Waals surface area (Å²) >= 11 is 0. The van der Waals surface area contributed by atoms with Gasteiger partial charge in [-0.2, -0.15) is 0 Å². The molecule has 0 aliphatic carbocycles. The van der Waals surface area contributed by atoms with Crippen molar-refractivity contribution in [3.63, 3.8) is 0 Å². The first-order valence-electron chi connectivity index (χ1n) is 10.5. The molecule has 5 nitrogen and oxygen atoms in total. The van der Waals surface area contributed by atoms with Crippen LogP contribution >= 0.6 is 0 Å². The molecule has 0 fully saturated rings. The number of benzene rings is 3. The van der Waals surface area contributed by atoms with E-state index in [4.69, 9.17) is 0 Å². The van der Waals surface area contributed by atoms with Gasteiger partial charge in [0.2, 0.25) is 0 Å². The molecule has 0 spiro atoms. The van der Waals surface area contributed by atoms with E-state index in [1.165, 1.54) is 17.3 Å². The Bertz CT molecular complexity index is 1190. The summed E-state index contributed by atoms with van der Waals surface area (Å²) in [6.45, 7) is 3.62. The number of rotatable bonds is 7. The first kappa shape index (κ1) is 21.1. The van der Waals surface area contributed by atoms with Gasteiger partial charge in [-0.25, -0.2) is 8.42 Å². The standard InChI is InChI=1S/C25H26N2O3S/c1-2-17-31(29,30)24-10-6-4-8-22(24)25(28)26-21-13-11-19(12-14-21)18-27-16-15-20-7-3-5-9-23(20)27/h3-14H,2,15-18H2,1H3,(H,26,28). The van der Waals surface area contributed by atoms with Crippen molar-refractivity contribution in [2.75, 3.05) is 22.5 Å². The lowest BCUT2D eigenvalue weighted by molar-refractivity contribution is 0.102. The number of nitrogens with zero attached hydrogens (tertiary/aromatic N) is 1. The average molecular weight is 435 g/mol. The summed E-state index contributed by atoms with van der Waals surface area (Å²) in [4.78, 5) is 15.2. The van der Waals surface area contributed by atoms with Gasteiger partial charge < -0.3 is 10.2 Å². The number of nitrogens with one attached hydrogen (secondary N) is 1. The Kier molecular flexibility index (Phi) is 6.09. The third-order valence-corrected chi connectivity index (χ3v) is 7.48. The van der Waals surface area contributed by atoms with Crippen molar-refractivity contribution in [3.05, 3.63) is 89.5 Å². The van der Waals surface area contributed by atoms with Gasteiger partial charge in [0.05, 0.1) is 16.2 Å². The van der Waals surface area contributed by atoms with Crippen LogP contribution in [-0.4, -0.2) is 26.6 Å². The van der Waals surface area contributed by atoms with Crippen LogP contribution in [-0.2, 0) is 22.8 Å². The molecule has 0 bridgehead atoms. The summed E-state index contributed by atoms with van der Waals surface area (Å²) in [7, 11) is -3.49. The Hall–Kier alpha value is -3.12. The number of amides is 1. The highest BCUT2D eigenvalue weighted by Gasteiger charge is 2.22. The van der Waals surface area contributed by atoms with Gasteiger partial charge in [0, 0.05) is 24.5 Å². The molecular weight excluding hydrogens is 408 g/mol. The second kappa shape index (κ2) is 8.94. The predicted molar refractivity (Wildman–Crippen MR) is 124 cm³/mol. The van der Waals surface area contributed by atoms with Crippen molar-refractivity contribution >= 4 is 27.1 Å². The maximum atomic E-state index is 12.8. The Morgan fingerprint density at radius 3 is 2.45 bits per heavy atom. The van der Waals surface area contributed by atoms with Gasteiger partial charge in [-0.3, -0.25) is 4.79 Å². The van der Waals surface area contributed by atoms with Gasteiger partial charge in [-0.1, -0.05) is 49.4 Å². The van der Waals surface area contributed by atoms with Gasteiger partial charge in [0.15, 0.2) is 9.84 Å². The molecule has 6 heteroatoms. The zero-order valence-electron chi connectivity index (χ0n) is 17.5. The van der Waals surface area contributed by atoms with E-state index < -0.39 is 15.7 Å². The highest BCUT2D eigenvalue weighted by atomic mass is 32.2. The van der Waals surface area contributed by atoms with Crippen molar-refractivity contribution < 1.29 is 13.2 Å². The Morgan fingerprint density at radius 2 is 1.68 bits per heavy atom. The number of sulfone groups is 1. The number of para-hydroxylation sites is 1. The van der Waals surface area contributed by atoms with E-state index in [0.29, 0.717) is 12.1 Å². The van der Waals surface area contributed by atoms with Crippen LogP contribution in [0.15, 0.2) is 77.7 Å². The quantitative estimate of drug-likeness (QED) is 0.586. The van der Waals surface area contributed by atoms with Crippen molar-refractivity contribution in [2.45, 2.75) is 31.2 Å². The van der Waals surface area contributed by atoms with E-state index in [1.807, 2.05) is 31.2 Å². The van der Waals surface area contributed by atoms with Crippen LogP contribution in [0, 0.1) is 0 Å². The molecule has 3 aromatic carbocycles. The largest absolute Gasteiger partial charge is 0.367 e. The summed E-state index contributed by atoms with van der Waals surface area (Å²) in [5, 5.41) is 2.83. The lowest BCUT2D eigenvalue weighted by Gasteiger charge is -2.19. The van der Waals surface area contributed by atoms with Crippen LogP contribution in [0.2, 0.25) is 0 Å².